The van der Waals surface area contributed by atoms with Crippen molar-refractivity contribution in [1.29, 1.82) is 0 Å². The third kappa shape index (κ3) is 2.97. The van der Waals surface area contributed by atoms with Gasteiger partial charge in [0, 0.05) is 6.61 Å². The molecule has 1 aliphatic carbocycles. The molecule has 0 aliphatic heterocycles. The molecule has 0 bridgehead atoms. The summed E-state index contributed by atoms with van der Waals surface area (Å²) in [5, 5.41) is 9.34. The Morgan fingerprint density at radius 1 is 1.44 bits per heavy atom. The molecule has 0 radical (unpaired) electrons. The highest BCUT2D eigenvalue weighted by Crippen LogP contribution is 2.36. The van der Waals surface area contributed by atoms with E-state index in [0.717, 1.165) is 19.3 Å². The standard InChI is InChI=1S/C13H24O3/c1-4-16-13(12(14)15)8-5-6-11(7-9-13)10(2)3/h10-11H,4-9H2,1-3H3,(H,14,15). The molecule has 0 saturated heterocycles. The van der Waals surface area contributed by atoms with Gasteiger partial charge < -0.3 is 9.84 Å². The smallest absolute Gasteiger partial charge is 0.335 e. The van der Waals surface area contributed by atoms with Crippen LogP contribution in [-0.2, 0) is 9.53 Å². The van der Waals surface area contributed by atoms with Crippen LogP contribution in [0.3, 0.4) is 0 Å². The molecule has 1 saturated carbocycles. The number of carboxylic acids is 1. The van der Waals surface area contributed by atoms with E-state index in [2.05, 4.69) is 13.8 Å². The maximum absolute atomic E-state index is 11.4. The van der Waals surface area contributed by atoms with Crippen molar-refractivity contribution in [3.63, 3.8) is 0 Å². The van der Waals surface area contributed by atoms with Gasteiger partial charge in [-0.1, -0.05) is 20.3 Å². The molecule has 3 nitrogen and oxygen atoms in total. The summed E-state index contributed by atoms with van der Waals surface area (Å²) in [6.07, 6.45) is 4.41. The summed E-state index contributed by atoms with van der Waals surface area (Å²) in [6, 6.07) is 0. The van der Waals surface area contributed by atoms with Crippen molar-refractivity contribution in [3.8, 4) is 0 Å². The molecule has 2 unspecified atom stereocenters. The van der Waals surface area contributed by atoms with Crippen LogP contribution in [0.5, 0.6) is 0 Å². The molecule has 1 rings (SSSR count). The Balaban J connectivity index is 2.71. The second-order valence-corrected chi connectivity index (χ2v) is 5.17. The molecule has 94 valence electrons. The van der Waals surface area contributed by atoms with Gasteiger partial charge in [0.2, 0.25) is 0 Å². The molecule has 0 aromatic rings. The summed E-state index contributed by atoms with van der Waals surface area (Å²) in [5.74, 6) is 0.520. The van der Waals surface area contributed by atoms with Gasteiger partial charge in [-0.15, -0.1) is 0 Å². The Bertz CT molecular complexity index is 237. The van der Waals surface area contributed by atoms with E-state index < -0.39 is 11.6 Å². The highest BCUT2D eigenvalue weighted by atomic mass is 16.5. The van der Waals surface area contributed by atoms with Gasteiger partial charge in [-0.2, -0.15) is 0 Å². The molecule has 0 aromatic carbocycles. The van der Waals surface area contributed by atoms with E-state index in [1.165, 1.54) is 0 Å². The molecule has 16 heavy (non-hydrogen) atoms. The van der Waals surface area contributed by atoms with Crippen LogP contribution in [0.4, 0.5) is 0 Å². The zero-order valence-electron chi connectivity index (χ0n) is 10.7. The summed E-state index contributed by atoms with van der Waals surface area (Å²) in [5.41, 5.74) is -0.904. The Hall–Kier alpha value is -0.570. The lowest BCUT2D eigenvalue weighted by Crippen LogP contribution is -2.41. The predicted molar refractivity (Wildman–Crippen MR) is 63.4 cm³/mol. The van der Waals surface area contributed by atoms with E-state index in [1.54, 1.807) is 0 Å². The van der Waals surface area contributed by atoms with Gasteiger partial charge in [-0.3, -0.25) is 0 Å². The fourth-order valence-electron chi connectivity index (χ4n) is 2.70. The first kappa shape index (κ1) is 13.5. The SMILES string of the molecule is CCOC1(C(=O)O)CCCC(C(C)C)CC1. The summed E-state index contributed by atoms with van der Waals surface area (Å²) >= 11 is 0. The zero-order chi connectivity index (χ0) is 12.2. The van der Waals surface area contributed by atoms with Crippen LogP contribution in [0.25, 0.3) is 0 Å². The first-order valence-corrected chi connectivity index (χ1v) is 6.39. The predicted octanol–water partition coefficient (Wildman–Crippen LogP) is 3.08. The molecule has 1 fully saturated rings. The second kappa shape index (κ2) is 5.67. The van der Waals surface area contributed by atoms with E-state index in [4.69, 9.17) is 4.74 Å². The van der Waals surface area contributed by atoms with Crippen molar-refractivity contribution in [2.75, 3.05) is 6.61 Å². The molecule has 0 heterocycles. The van der Waals surface area contributed by atoms with Crippen molar-refractivity contribution >= 4 is 5.97 Å². The van der Waals surface area contributed by atoms with E-state index in [0.29, 0.717) is 31.3 Å². The van der Waals surface area contributed by atoms with Crippen LogP contribution in [0.2, 0.25) is 0 Å². The second-order valence-electron chi connectivity index (χ2n) is 5.17. The van der Waals surface area contributed by atoms with Crippen LogP contribution in [0.1, 0.15) is 52.9 Å². The minimum Gasteiger partial charge on any atom is -0.479 e. The maximum atomic E-state index is 11.4. The number of carboxylic acid groups (broad SMARTS) is 1. The molecule has 2 atom stereocenters. The lowest BCUT2D eigenvalue weighted by Gasteiger charge is -2.28. The highest BCUT2D eigenvalue weighted by molar-refractivity contribution is 5.77. The van der Waals surface area contributed by atoms with Crippen molar-refractivity contribution in [2.45, 2.75) is 58.5 Å². The summed E-state index contributed by atoms with van der Waals surface area (Å²) in [7, 11) is 0. The number of hydrogen-bond acceptors (Lipinski definition) is 2. The molecular formula is C13H24O3. The highest BCUT2D eigenvalue weighted by Gasteiger charge is 2.41. The van der Waals surface area contributed by atoms with E-state index in [9.17, 15) is 9.90 Å². The summed E-state index contributed by atoms with van der Waals surface area (Å²) < 4.78 is 5.54. The number of ether oxygens (including phenoxy) is 1. The Labute approximate surface area is 98.2 Å². The number of aliphatic carboxylic acids is 1. The van der Waals surface area contributed by atoms with Gasteiger partial charge in [0.25, 0.3) is 0 Å². The minimum absolute atomic E-state index is 0.485. The van der Waals surface area contributed by atoms with Crippen LogP contribution >= 0.6 is 0 Å². The number of carbonyl (C=O) groups is 1. The largest absolute Gasteiger partial charge is 0.479 e. The fourth-order valence-corrected chi connectivity index (χ4v) is 2.70. The van der Waals surface area contributed by atoms with Crippen molar-refractivity contribution in [1.82, 2.24) is 0 Å². The van der Waals surface area contributed by atoms with Gasteiger partial charge in [-0.25, -0.2) is 4.79 Å². The molecule has 0 aromatic heterocycles. The van der Waals surface area contributed by atoms with E-state index in [-0.39, 0.29) is 0 Å². The van der Waals surface area contributed by atoms with Crippen LogP contribution in [-0.4, -0.2) is 23.3 Å². The molecule has 0 spiro atoms. The van der Waals surface area contributed by atoms with E-state index in [1.807, 2.05) is 6.92 Å². The van der Waals surface area contributed by atoms with Crippen LogP contribution in [0.15, 0.2) is 0 Å². The zero-order valence-corrected chi connectivity index (χ0v) is 10.7. The maximum Gasteiger partial charge on any atom is 0.335 e. The third-order valence-corrected chi connectivity index (χ3v) is 3.83. The Kier molecular flexibility index (Phi) is 4.78. The van der Waals surface area contributed by atoms with Crippen molar-refractivity contribution in [2.24, 2.45) is 11.8 Å². The number of rotatable bonds is 4. The van der Waals surface area contributed by atoms with Crippen molar-refractivity contribution < 1.29 is 14.6 Å². The van der Waals surface area contributed by atoms with Gasteiger partial charge >= 0.3 is 5.97 Å². The molecular weight excluding hydrogens is 204 g/mol. The fraction of sp³-hybridized carbons (Fsp3) is 0.923. The normalized spacial score (nSPS) is 31.4. The van der Waals surface area contributed by atoms with Gasteiger partial charge in [-0.05, 0) is 44.4 Å². The summed E-state index contributed by atoms with van der Waals surface area (Å²) in [4.78, 5) is 11.4. The lowest BCUT2D eigenvalue weighted by molar-refractivity contribution is -0.167. The average molecular weight is 228 g/mol. The number of hydrogen-bond donors (Lipinski definition) is 1. The van der Waals surface area contributed by atoms with Crippen molar-refractivity contribution in [3.05, 3.63) is 0 Å². The molecule has 3 heteroatoms. The topological polar surface area (TPSA) is 46.5 Å². The first-order valence-electron chi connectivity index (χ1n) is 6.39. The summed E-state index contributed by atoms with van der Waals surface area (Å²) in [6.45, 7) is 6.80. The molecule has 1 N–H and O–H groups in total. The third-order valence-electron chi connectivity index (χ3n) is 3.83. The minimum atomic E-state index is -0.904. The van der Waals surface area contributed by atoms with Crippen LogP contribution < -0.4 is 0 Å². The quantitative estimate of drug-likeness (QED) is 0.752. The lowest BCUT2D eigenvalue weighted by atomic mass is 9.88. The Morgan fingerprint density at radius 3 is 2.62 bits per heavy atom. The van der Waals surface area contributed by atoms with E-state index >= 15 is 0 Å². The monoisotopic (exact) mass is 228 g/mol. The van der Waals surface area contributed by atoms with Crippen LogP contribution in [0, 0.1) is 11.8 Å². The average Bonchev–Trinajstić information content (AvgIpc) is 2.42. The molecule has 1 aliphatic rings. The molecule has 0 amide bonds. The Morgan fingerprint density at radius 2 is 2.12 bits per heavy atom. The van der Waals surface area contributed by atoms with Gasteiger partial charge in [0.1, 0.15) is 0 Å². The first-order chi connectivity index (χ1) is 7.52. The van der Waals surface area contributed by atoms with Gasteiger partial charge in [0.05, 0.1) is 0 Å². The van der Waals surface area contributed by atoms with Gasteiger partial charge in [0.15, 0.2) is 5.60 Å².